The van der Waals surface area contributed by atoms with Gasteiger partial charge in [0.1, 0.15) is 0 Å². The number of aromatic nitrogens is 4. The Morgan fingerprint density at radius 2 is 1.57 bits per heavy atom. The van der Waals surface area contributed by atoms with Crippen molar-refractivity contribution in [3.63, 3.8) is 0 Å². The molecule has 1 heterocycles. The van der Waals surface area contributed by atoms with Crippen LogP contribution in [0.25, 0.3) is 16.5 Å². The normalized spacial score (nSPS) is 17.2. The third-order valence-corrected chi connectivity index (χ3v) is 8.95. The zero-order valence-electron chi connectivity index (χ0n) is 18.1. The van der Waals surface area contributed by atoms with Gasteiger partial charge in [-0.15, -0.1) is 5.10 Å². The van der Waals surface area contributed by atoms with Crippen LogP contribution in [0.3, 0.4) is 0 Å². The molecule has 174 valence electrons. The number of tetrazole rings is 1. The summed E-state index contributed by atoms with van der Waals surface area (Å²) in [6.07, 6.45) is 0. The van der Waals surface area contributed by atoms with E-state index in [4.69, 9.17) is 11.6 Å². The van der Waals surface area contributed by atoms with Gasteiger partial charge in [-0.25, -0.2) is 13.1 Å². The lowest BCUT2D eigenvalue weighted by atomic mass is 10.1. The maximum absolute atomic E-state index is 13.4. The molecule has 0 unspecified atom stereocenters. The molecule has 4 aromatic carbocycles. The van der Waals surface area contributed by atoms with Gasteiger partial charge in [-0.2, -0.15) is 4.68 Å². The lowest BCUT2D eigenvalue weighted by Crippen LogP contribution is -2.30. The molecule has 1 aliphatic carbocycles. The summed E-state index contributed by atoms with van der Waals surface area (Å²) in [5.41, 5.74) is 2.79. The molecule has 0 bridgehead atoms. The van der Waals surface area contributed by atoms with Gasteiger partial charge in [-0.05, 0) is 68.7 Å². The summed E-state index contributed by atoms with van der Waals surface area (Å²) in [6, 6.07) is 27.3. The van der Waals surface area contributed by atoms with Crippen LogP contribution in [0.2, 0.25) is 5.02 Å². The molecule has 0 fully saturated rings. The van der Waals surface area contributed by atoms with Gasteiger partial charge in [-0.1, -0.05) is 78.0 Å². The Morgan fingerprint density at radius 1 is 0.857 bits per heavy atom. The molecular formula is C25H18ClN5O2S2. The summed E-state index contributed by atoms with van der Waals surface area (Å²) in [5.74, 6) is 0. The molecule has 10 heteroatoms. The van der Waals surface area contributed by atoms with Crippen LogP contribution < -0.4 is 4.72 Å². The number of benzene rings is 4. The summed E-state index contributed by atoms with van der Waals surface area (Å²) in [4.78, 5) is 0.155. The molecule has 0 saturated carbocycles. The van der Waals surface area contributed by atoms with E-state index in [-0.39, 0.29) is 10.1 Å². The van der Waals surface area contributed by atoms with Crippen molar-refractivity contribution in [3.05, 3.63) is 107 Å². The molecule has 35 heavy (non-hydrogen) atoms. The second kappa shape index (κ2) is 8.76. The van der Waals surface area contributed by atoms with Crippen LogP contribution in [0.4, 0.5) is 0 Å². The largest absolute Gasteiger partial charge is 0.241 e. The van der Waals surface area contributed by atoms with E-state index in [0.717, 1.165) is 27.6 Å². The Bertz CT molecular complexity index is 1630. The van der Waals surface area contributed by atoms with Gasteiger partial charge in [0.2, 0.25) is 15.2 Å². The molecule has 0 radical (unpaired) electrons. The summed E-state index contributed by atoms with van der Waals surface area (Å²) in [7, 11) is -3.83. The summed E-state index contributed by atoms with van der Waals surface area (Å²) < 4.78 is 31.4. The molecule has 1 aromatic heterocycles. The van der Waals surface area contributed by atoms with Gasteiger partial charge in [0.05, 0.1) is 21.9 Å². The van der Waals surface area contributed by atoms with Crippen LogP contribution in [0.5, 0.6) is 0 Å². The molecule has 7 nitrogen and oxygen atoms in total. The number of rotatable bonds is 6. The van der Waals surface area contributed by atoms with Gasteiger partial charge in [-0.3, -0.25) is 0 Å². The van der Waals surface area contributed by atoms with Crippen molar-refractivity contribution in [1.82, 2.24) is 24.9 Å². The molecule has 5 aromatic rings. The third-order valence-electron chi connectivity index (χ3n) is 5.99. The first-order valence-corrected chi connectivity index (χ1v) is 13.6. The number of sulfonamides is 1. The molecule has 0 spiro atoms. The van der Waals surface area contributed by atoms with Crippen LogP contribution >= 0.6 is 23.4 Å². The van der Waals surface area contributed by atoms with Crippen molar-refractivity contribution >= 4 is 44.2 Å². The van der Waals surface area contributed by atoms with Gasteiger partial charge in [0.25, 0.3) is 0 Å². The summed E-state index contributed by atoms with van der Waals surface area (Å²) in [6.45, 7) is 0. The highest BCUT2D eigenvalue weighted by atomic mass is 35.5. The van der Waals surface area contributed by atoms with Crippen molar-refractivity contribution in [3.8, 4) is 5.69 Å². The molecule has 1 N–H and O–H groups in total. The molecule has 0 saturated heterocycles. The minimum absolute atomic E-state index is 0.155. The second-order valence-electron chi connectivity index (χ2n) is 8.09. The predicted molar refractivity (Wildman–Crippen MR) is 136 cm³/mol. The van der Waals surface area contributed by atoms with E-state index in [1.807, 2.05) is 66.7 Å². The second-order valence-corrected chi connectivity index (χ2v) is 11.4. The van der Waals surface area contributed by atoms with E-state index in [1.165, 1.54) is 23.9 Å². The van der Waals surface area contributed by atoms with Crippen molar-refractivity contribution < 1.29 is 8.42 Å². The Kier molecular flexibility index (Phi) is 5.57. The molecule has 1 aliphatic rings. The highest BCUT2D eigenvalue weighted by Gasteiger charge is 2.39. The van der Waals surface area contributed by atoms with E-state index in [0.29, 0.717) is 10.2 Å². The smallest absolute Gasteiger partial charge is 0.207 e. The predicted octanol–water partition coefficient (Wildman–Crippen LogP) is 5.34. The lowest BCUT2D eigenvalue weighted by molar-refractivity contribution is 0.557. The van der Waals surface area contributed by atoms with E-state index in [2.05, 4.69) is 20.2 Å². The minimum atomic E-state index is -3.83. The third kappa shape index (κ3) is 4.00. The number of halogens is 1. The van der Waals surface area contributed by atoms with Gasteiger partial charge in [0.15, 0.2) is 0 Å². The zero-order valence-corrected chi connectivity index (χ0v) is 20.5. The average Bonchev–Trinajstić information content (AvgIpc) is 3.45. The summed E-state index contributed by atoms with van der Waals surface area (Å²) >= 11 is 7.41. The monoisotopic (exact) mass is 519 g/mol. The fourth-order valence-corrected chi connectivity index (χ4v) is 7.11. The number of nitrogens with zero attached hydrogens (tertiary/aromatic N) is 4. The average molecular weight is 520 g/mol. The maximum atomic E-state index is 13.4. The molecule has 2 atom stereocenters. The number of thioether (sulfide) groups is 1. The van der Waals surface area contributed by atoms with E-state index in [9.17, 15) is 8.42 Å². The molecule has 0 amide bonds. The highest BCUT2D eigenvalue weighted by molar-refractivity contribution is 7.99. The Labute approximate surface area is 211 Å². The first-order valence-electron chi connectivity index (χ1n) is 10.8. The number of hydrogen-bond acceptors (Lipinski definition) is 6. The summed E-state index contributed by atoms with van der Waals surface area (Å²) in [5, 5.41) is 15.2. The van der Waals surface area contributed by atoms with Crippen molar-refractivity contribution in [2.24, 2.45) is 0 Å². The van der Waals surface area contributed by atoms with Crippen LogP contribution in [0.15, 0.2) is 101 Å². The topological polar surface area (TPSA) is 89.8 Å². The number of hydrogen-bond donors (Lipinski definition) is 1. The Morgan fingerprint density at radius 3 is 2.31 bits per heavy atom. The number of para-hydroxylation sites is 1. The first-order chi connectivity index (χ1) is 17.0. The maximum Gasteiger partial charge on any atom is 0.241 e. The van der Waals surface area contributed by atoms with Crippen LogP contribution in [0.1, 0.15) is 22.4 Å². The van der Waals surface area contributed by atoms with Crippen LogP contribution in [-0.2, 0) is 10.0 Å². The fraction of sp³-hybridized carbons (Fsp3) is 0.0800. The van der Waals surface area contributed by atoms with E-state index >= 15 is 0 Å². The molecule has 0 aliphatic heterocycles. The van der Waals surface area contributed by atoms with E-state index < -0.39 is 16.1 Å². The molecule has 6 rings (SSSR count). The van der Waals surface area contributed by atoms with Crippen molar-refractivity contribution in [2.45, 2.75) is 21.3 Å². The van der Waals surface area contributed by atoms with Crippen molar-refractivity contribution in [2.75, 3.05) is 0 Å². The lowest BCUT2D eigenvalue weighted by Gasteiger charge is -2.22. The van der Waals surface area contributed by atoms with Gasteiger partial charge >= 0.3 is 0 Å². The quantitative estimate of drug-likeness (QED) is 0.326. The minimum Gasteiger partial charge on any atom is -0.207 e. The Hall–Kier alpha value is -3.24. The van der Waals surface area contributed by atoms with Gasteiger partial charge < -0.3 is 0 Å². The first kappa shape index (κ1) is 22.2. The highest BCUT2D eigenvalue weighted by Crippen LogP contribution is 2.53. The zero-order chi connectivity index (χ0) is 24.0. The SMILES string of the molecule is O=S(=O)(N[C@@H]1c2cccc3cccc(c23)[C@@H]1Sc1nnnn1-c1ccccc1)c1ccc(Cl)cc1. The number of nitrogens with one attached hydrogen (secondary N) is 1. The van der Waals surface area contributed by atoms with Gasteiger partial charge in [0, 0.05) is 5.02 Å². The van der Waals surface area contributed by atoms with Crippen LogP contribution in [-0.4, -0.2) is 28.6 Å². The van der Waals surface area contributed by atoms with Crippen molar-refractivity contribution in [1.29, 1.82) is 0 Å². The fourth-order valence-electron chi connectivity index (χ4n) is 4.44. The standard InChI is InChI=1S/C25H18ClN5O2S2/c26-17-12-14-19(15-13-17)35(32,33)28-23-20-10-4-6-16-7-5-11-21(22(16)20)24(23)34-25-27-29-30-31(25)18-8-2-1-3-9-18/h1-15,23-24,28H/t23-,24+/m1/s1. The van der Waals surface area contributed by atoms with E-state index in [1.54, 1.807) is 16.8 Å². The molecular weight excluding hydrogens is 502 g/mol. The van der Waals surface area contributed by atoms with Crippen LogP contribution in [0, 0.1) is 0 Å². The Balaban J connectivity index is 1.43.